The molecule has 2 saturated heterocycles. The van der Waals surface area contributed by atoms with Gasteiger partial charge >= 0.3 is 0 Å². The molecule has 0 amide bonds. The maximum atomic E-state index is 4.43. The third kappa shape index (κ3) is 3.54. The molecule has 1 aromatic carbocycles. The molecule has 0 N–H and O–H groups in total. The summed E-state index contributed by atoms with van der Waals surface area (Å²) >= 11 is 0. The first-order valence-corrected chi connectivity index (χ1v) is 9.57. The molecule has 0 radical (unpaired) electrons. The molecule has 25 heavy (non-hydrogen) atoms. The van der Waals surface area contributed by atoms with E-state index in [4.69, 9.17) is 0 Å². The lowest BCUT2D eigenvalue weighted by atomic mass is 9.68. The van der Waals surface area contributed by atoms with Gasteiger partial charge in [0.2, 0.25) is 5.95 Å². The van der Waals surface area contributed by atoms with Crippen molar-refractivity contribution < 1.29 is 0 Å². The highest BCUT2D eigenvalue weighted by molar-refractivity contribution is 5.30. The van der Waals surface area contributed by atoms with Crippen molar-refractivity contribution in [2.24, 2.45) is 5.41 Å². The molecule has 4 heteroatoms. The number of benzene rings is 1. The van der Waals surface area contributed by atoms with Crippen LogP contribution in [0.1, 0.15) is 37.7 Å². The maximum Gasteiger partial charge on any atom is 0.225 e. The van der Waals surface area contributed by atoms with Crippen LogP contribution in [-0.2, 0) is 0 Å². The summed E-state index contributed by atoms with van der Waals surface area (Å²) in [7, 11) is 0. The fourth-order valence-corrected chi connectivity index (χ4v) is 4.69. The lowest BCUT2D eigenvalue weighted by molar-refractivity contribution is 0.0542. The van der Waals surface area contributed by atoms with Crippen LogP contribution in [0.5, 0.6) is 0 Å². The Balaban J connectivity index is 1.49. The van der Waals surface area contributed by atoms with Gasteiger partial charge in [-0.05, 0) is 48.8 Å². The number of anilines is 1. The standard InChI is InChI=1S/C21H28N4/c1-2-24-16-19(18-7-4-3-5-8-18)15-21(17-24)9-13-25(14-10-21)20-22-11-6-12-23-20/h3-8,11-12,19H,2,9-10,13-17H2,1H3/t19-/m1/s1. The predicted octanol–water partition coefficient (Wildman–Crippen LogP) is 3.57. The smallest absolute Gasteiger partial charge is 0.225 e. The molecular formula is C21H28N4. The molecule has 0 saturated carbocycles. The van der Waals surface area contributed by atoms with Gasteiger partial charge in [-0.15, -0.1) is 0 Å². The minimum absolute atomic E-state index is 0.444. The van der Waals surface area contributed by atoms with Crippen molar-refractivity contribution >= 4 is 5.95 Å². The van der Waals surface area contributed by atoms with E-state index in [0.29, 0.717) is 11.3 Å². The molecule has 2 aliphatic heterocycles. The van der Waals surface area contributed by atoms with E-state index in [1.165, 1.54) is 37.9 Å². The summed E-state index contributed by atoms with van der Waals surface area (Å²) < 4.78 is 0. The molecule has 2 fully saturated rings. The normalized spacial score (nSPS) is 23.7. The summed E-state index contributed by atoms with van der Waals surface area (Å²) in [6.45, 7) is 8.04. The topological polar surface area (TPSA) is 32.3 Å². The molecule has 2 aromatic rings. The molecule has 0 aliphatic carbocycles. The van der Waals surface area contributed by atoms with Crippen LogP contribution in [-0.4, -0.2) is 47.6 Å². The molecule has 0 bridgehead atoms. The number of hydrogen-bond donors (Lipinski definition) is 0. The van der Waals surface area contributed by atoms with E-state index in [1.807, 2.05) is 18.5 Å². The van der Waals surface area contributed by atoms with E-state index in [-0.39, 0.29) is 0 Å². The highest BCUT2D eigenvalue weighted by Gasteiger charge is 2.42. The molecule has 132 valence electrons. The Kier molecular flexibility index (Phi) is 4.71. The first kappa shape index (κ1) is 16.5. The Morgan fingerprint density at radius 2 is 1.76 bits per heavy atom. The predicted molar refractivity (Wildman–Crippen MR) is 102 cm³/mol. The zero-order chi connectivity index (χ0) is 17.1. The molecule has 4 nitrogen and oxygen atoms in total. The molecule has 2 aliphatic rings. The van der Waals surface area contributed by atoms with E-state index < -0.39 is 0 Å². The molecule has 4 rings (SSSR count). The second-order valence-electron chi connectivity index (χ2n) is 7.68. The number of aromatic nitrogens is 2. The molecule has 0 unspecified atom stereocenters. The van der Waals surface area contributed by atoms with Gasteiger partial charge in [0, 0.05) is 38.6 Å². The third-order valence-corrected chi connectivity index (χ3v) is 6.09. The zero-order valence-electron chi connectivity index (χ0n) is 15.1. The first-order valence-electron chi connectivity index (χ1n) is 9.57. The summed E-state index contributed by atoms with van der Waals surface area (Å²) in [6.07, 6.45) is 7.49. The maximum absolute atomic E-state index is 4.43. The van der Waals surface area contributed by atoms with E-state index in [2.05, 4.69) is 57.0 Å². The molecular weight excluding hydrogens is 308 g/mol. The Hall–Kier alpha value is -1.94. The van der Waals surface area contributed by atoms with Crippen LogP contribution in [0.2, 0.25) is 0 Å². The number of nitrogens with zero attached hydrogens (tertiary/aromatic N) is 4. The van der Waals surface area contributed by atoms with Gasteiger partial charge < -0.3 is 9.80 Å². The average molecular weight is 336 g/mol. The van der Waals surface area contributed by atoms with Crippen LogP contribution in [0.25, 0.3) is 0 Å². The molecule has 1 spiro atoms. The van der Waals surface area contributed by atoms with Crippen LogP contribution in [0, 0.1) is 5.41 Å². The van der Waals surface area contributed by atoms with Crippen molar-refractivity contribution in [1.82, 2.24) is 14.9 Å². The fourth-order valence-electron chi connectivity index (χ4n) is 4.69. The van der Waals surface area contributed by atoms with Gasteiger partial charge in [0.1, 0.15) is 0 Å². The highest BCUT2D eigenvalue weighted by atomic mass is 15.3. The van der Waals surface area contributed by atoms with Gasteiger partial charge in [0.25, 0.3) is 0 Å². The lowest BCUT2D eigenvalue weighted by Gasteiger charge is -2.50. The Bertz CT molecular complexity index is 665. The van der Waals surface area contributed by atoms with Crippen molar-refractivity contribution in [1.29, 1.82) is 0 Å². The Labute approximate surface area is 150 Å². The quantitative estimate of drug-likeness (QED) is 0.858. The van der Waals surface area contributed by atoms with Gasteiger partial charge in [-0.1, -0.05) is 37.3 Å². The minimum Gasteiger partial charge on any atom is -0.341 e. The van der Waals surface area contributed by atoms with Gasteiger partial charge in [-0.2, -0.15) is 0 Å². The van der Waals surface area contributed by atoms with Crippen LogP contribution in [0.3, 0.4) is 0 Å². The molecule has 3 heterocycles. The number of rotatable bonds is 3. The summed E-state index contributed by atoms with van der Waals surface area (Å²) in [5.41, 5.74) is 1.95. The van der Waals surface area contributed by atoms with Crippen molar-refractivity contribution in [2.75, 3.05) is 37.6 Å². The number of likely N-dealkylation sites (N-methyl/N-ethyl adjacent to an activating group) is 1. The van der Waals surface area contributed by atoms with Crippen LogP contribution in [0.15, 0.2) is 48.8 Å². The van der Waals surface area contributed by atoms with Crippen molar-refractivity contribution in [3.8, 4) is 0 Å². The van der Waals surface area contributed by atoms with E-state index in [0.717, 1.165) is 25.6 Å². The number of piperidine rings is 2. The van der Waals surface area contributed by atoms with Crippen LogP contribution in [0.4, 0.5) is 5.95 Å². The molecule has 1 atom stereocenters. The van der Waals surface area contributed by atoms with Gasteiger partial charge in [0.05, 0.1) is 0 Å². The monoisotopic (exact) mass is 336 g/mol. The first-order chi connectivity index (χ1) is 12.3. The average Bonchev–Trinajstić information content (AvgIpc) is 2.69. The van der Waals surface area contributed by atoms with Gasteiger partial charge in [-0.25, -0.2) is 9.97 Å². The summed E-state index contributed by atoms with van der Waals surface area (Å²) in [6, 6.07) is 13.0. The van der Waals surface area contributed by atoms with Crippen LogP contribution < -0.4 is 4.90 Å². The van der Waals surface area contributed by atoms with Gasteiger partial charge in [0.15, 0.2) is 0 Å². The highest BCUT2D eigenvalue weighted by Crippen LogP contribution is 2.45. The van der Waals surface area contributed by atoms with Crippen LogP contribution >= 0.6 is 0 Å². The summed E-state index contributed by atoms with van der Waals surface area (Å²) in [5.74, 6) is 1.55. The lowest BCUT2D eigenvalue weighted by Crippen LogP contribution is -2.51. The second-order valence-corrected chi connectivity index (χ2v) is 7.68. The van der Waals surface area contributed by atoms with E-state index in [1.54, 1.807) is 0 Å². The van der Waals surface area contributed by atoms with Crippen molar-refractivity contribution in [3.05, 3.63) is 54.4 Å². The Morgan fingerprint density at radius 1 is 1.04 bits per heavy atom. The zero-order valence-corrected chi connectivity index (χ0v) is 15.1. The minimum atomic E-state index is 0.444. The Morgan fingerprint density at radius 3 is 2.44 bits per heavy atom. The van der Waals surface area contributed by atoms with Gasteiger partial charge in [-0.3, -0.25) is 0 Å². The third-order valence-electron chi connectivity index (χ3n) is 6.09. The number of hydrogen-bond acceptors (Lipinski definition) is 4. The van der Waals surface area contributed by atoms with Crippen molar-refractivity contribution in [3.63, 3.8) is 0 Å². The molecule has 1 aromatic heterocycles. The second kappa shape index (κ2) is 7.12. The number of likely N-dealkylation sites (tertiary alicyclic amines) is 1. The van der Waals surface area contributed by atoms with E-state index >= 15 is 0 Å². The fraction of sp³-hybridized carbons (Fsp3) is 0.524. The summed E-state index contributed by atoms with van der Waals surface area (Å²) in [4.78, 5) is 13.9. The summed E-state index contributed by atoms with van der Waals surface area (Å²) in [5, 5.41) is 0. The SMILES string of the molecule is CCN1C[C@H](c2ccccc2)CC2(CCN(c3ncccn3)CC2)C1. The van der Waals surface area contributed by atoms with Crippen molar-refractivity contribution in [2.45, 2.75) is 32.1 Å². The largest absolute Gasteiger partial charge is 0.341 e. The van der Waals surface area contributed by atoms with E-state index in [9.17, 15) is 0 Å².